The van der Waals surface area contributed by atoms with E-state index in [-0.39, 0.29) is 23.4 Å². The van der Waals surface area contributed by atoms with E-state index in [0.29, 0.717) is 5.56 Å². The first-order valence-electron chi connectivity index (χ1n) is 5.02. The minimum atomic E-state index is -1.21. The van der Waals surface area contributed by atoms with E-state index in [1.54, 1.807) is 0 Å². The van der Waals surface area contributed by atoms with Gasteiger partial charge in [0.15, 0.2) is 0 Å². The van der Waals surface area contributed by atoms with Crippen LogP contribution in [0.3, 0.4) is 0 Å². The summed E-state index contributed by atoms with van der Waals surface area (Å²) in [7, 11) is 2.38. The number of methoxy groups -OCH3 is 2. The van der Waals surface area contributed by atoms with E-state index in [1.165, 1.54) is 21.1 Å². The maximum atomic E-state index is 11.5. The number of nitrogens with one attached hydrogen (secondary N) is 1. The smallest absolute Gasteiger partial charge is 0.354 e. The molecule has 0 bridgehead atoms. The molecule has 18 heavy (non-hydrogen) atoms. The van der Waals surface area contributed by atoms with Gasteiger partial charge < -0.3 is 19.6 Å². The van der Waals surface area contributed by atoms with Crippen molar-refractivity contribution in [2.45, 2.75) is 13.3 Å². The highest BCUT2D eigenvalue weighted by Gasteiger charge is 2.25. The highest BCUT2D eigenvalue weighted by atomic mass is 16.5. The van der Waals surface area contributed by atoms with Gasteiger partial charge in [-0.3, -0.25) is 4.79 Å². The van der Waals surface area contributed by atoms with E-state index in [2.05, 4.69) is 14.5 Å². The number of H-pyrrole nitrogens is 1. The molecule has 0 radical (unpaired) electrons. The SMILES string of the molecule is COC(=O)Cc1c(C(=O)OC)[nH]c(C(=O)O)c1C. The Morgan fingerprint density at radius 1 is 1.17 bits per heavy atom. The Morgan fingerprint density at radius 2 is 1.78 bits per heavy atom. The summed E-state index contributed by atoms with van der Waals surface area (Å²) < 4.78 is 9.02. The summed E-state index contributed by atoms with van der Waals surface area (Å²) in [6.07, 6.45) is -0.198. The van der Waals surface area contributed by atoms with E-state index in [9.17, 15) is 14.4 Å². The molecule has 0 aliphatic carbocycles. The van der Waals surface area contributed by atoms with Crippen molar-refractivity contribution in [3.05, 3.63) is 22.5 Å². The third-order valence-electron chi connectivity index (χ3n) is 2.53. The minimum absolute atomic E-state index is 0.0437. The lowest BCUT2D eigenvalue weighted by atomic mass is 10.1. The second-order valence-electron chi connectivity index (χ2n) is 3.53. The lowest BCUT2D eigenvalue weighted by Gasteiger charge is -2.02. The van der Waals surface area contributed by atoms with Gasteiger partial charge >= 0.3 is 17.9 Å². The molecule has 1 aromatic heterocycles. The van der Waals surface area contributed by atoms with Gasteiger partial charge in [0.25, 0.3) is 0 Å². The summed E-state index contributed by atoms with van der Waals surface area (Å²) in [5, 5.41) is 8.95. The molecule has 1 heterocycles. The van der Waals surface area contributed by atoms with Crippen LogP contribution < -0.4 is 0 Å². The summed E-state index contributed by atoms with van der Waals surface area (Å²) in [4.78, 5) is 36.1. The van der Waals surface area contributed by atoms with E-state index < -0.39 is 17.9 Å². The van der Waals surface area contributed by atoms with Gasteiger partial charge in [-0.25, -0.2) is 9.59 Å². The number of rotatable bonds is 4. The van der Waals surface area contributed by atoms with Crippen molar-refractivity contribution in [3.63, 3.8) is 0 Å². The fourth-order valence-corrected chi connectivity index (χ4v) is 1.56. The van der Waals surface area contributed by atoms with Gasteiger partial charge in [-0.1, -0.05) is 0 Å². The Balaban J connectivity index is 3.31. The summed E-state index contributed by atoms with van der Waals surface area (Å²) in [6, 6.07) is 0. The van der Waals surface area contributed by atoms with Crippen molar-refractivity contribution in [3.8, 4) is 0 Å². The van der Waals surface area contributed by atoms with Gasteiger partial charge in [-0.15, -0.1) is 0 Å². The van der Waals surface area contributed by atoms with E-state index in [0.717, 1.165) is 0 Å². The average molecular weight is 255 g/mol. The minimum Gasteiger partial charge on any atom is -0.477 e. The zero-order valence-corrected chi connectivity index (χ0v) is 10.2. The molecule has 0 fully saturated rings. The number of ether oxygens (including phenoxy) is 2. The zero-order chi connectivity index (χ0) is 13.9. The number of aromatic amines is 1. The first kappa shape index (κ1) is 13.8. The topological polar surface area (TPSA) is 106 Å². The van der Waals surface area contributed by atoms with Gasteiger partial charge in [0.2, 0.25) is 0 Å². The summed E-state index contributed by atoms with van der Waals surface area (Å²) >= 11 is 0. The predicted molar refractivity (Wildman–Crippen MR) is 59.5 cm³/mol. The maximum Gasteiger partial charge on any atom is 0.354 e. The number of esters is 2. The fraction of sp³-hybridized carbons (Fsp3) is 0.364. The molecule has 7 heteroatoms. The van der Waals surface area contributed by atoms with Crippen molar-refractivity contribution < 1.29 is 29.0 Å². The average Bonchev–Trinajstić information content (AvgIpc) is 2.66. The second-order valence-corrected chi connectivity index (χ2v) is 3.53. The van der Waals surface area contributed by atoms with Crippen molar-refractivity contribution in [2.24, 2.45) is 0 Å². The van der Waals surface area contributed by atoms with E-state index in [4.69, 9.17) is 5.11 Å². The number of aromatic nitrogens is 1. The van der Waals surface area contributed by atoms with Crippen LogP contribution in [0.15, 0.2) is 0 Å². The van der Waals surface area contributed by atoms with Crippen LogP contribution >= 0.6 is 0 Å². The van der Waals surface area contributed by atoms with Gasteiger partial charge in [-0.05, 0) is 18.1 Å². The summed E-state index contributed by atoms with van der Waals surface area (Å²) in [5.41, 5.74) is 0.395. The molecule has 0 aliphatic rings. The highest BCUT2D eigenvalue weighted by Crippen LogP contribution is 2.20. The van der Waals surface area contributed by atoms with E-state index >= 15 is 0 Å². The molecule has 0 aromatic carbocycles. The van der Waals surface area contributed by atoms with Crippen molar-refractivity contribution in [1.29, 1.82) is 0 Å². The Bertz CT molecular complexity index is 502. The number of hydrogen-bond donors (Lipinski definition) is 2. The monoisotopic (exact) mass is 255 g/mol. The van der Waals surface area contributed by atoms with Crippen LogP contribution in [-0.2, 0) is 20.7 Å². The fourth-order valence-electron chi connectivity index (χ4n) is 1.56. The largest absolute Gasteiger partial charge is 0.477 e. The third kappa shape index (κ3) is 2.50. The van der Waals surface area contributed by atoms with Crippen LogP contribution in [0.2, 0.25) is 0 Å². The number of aromatic carboxylic acids is 1. The molecule has 0 unspecified atom stereocenters. The van der Waals surface area contributed by atoms with Crippen LogP contribution in [0.1, 0.15) is 32.1 Å². The molecular formula is C11H13NO6. The Morgan fingerprint density at radius 3 is 2.22 bits per heavy atom. The molecule has 7 nitrogen and oxygen atoms in total. The molecule has 98 valence electrons. The van der Waals surface area contributed by atoms with Crippen LogP contribution in [0.4, 0.5) is 0 Å². The third-order valence-corrected chi connectivity index (χ3v) is 2.53. The number of carboxylic acid groups (broad SMARTS) is 1. The maximum absolute atomic E-state index is 11.5. The standard InChI is InChI=1S/C11H13NO6/c1-5-6(4-7(13)17-2)9(11(16)18-3)12-8(5)10(14)15/h12H,4H2,1-3H3,(H,14,15). The van der Waals surface area contributed by atoms with Gasteiger partial charge in [-0.2, -0.15) is 0 Å². The van der Waals surface area contributed by atoms with Gasteiger partial charge in [0.1, 0.15) is 11.4 Å². The molecule has 0 amide bonds. The van der Waals surface area contributed by atoms with Gasteiger partial charge in [0.05, 0.1) is 20.6 Å². The van der Waals surface area contributed by atoms with Crippen LogP contribution in [0.25, 0.3) is 0 Å². The molecule has 1 aromatic rings. The normalized spacial score (nSPS) is 9.94. The van der Waals surface area contributed by atoms with Crippen LogP contribution in [0.5, 0.6) is 0 Å². The zero-order valence-electron chi connectivity index (χ0n) is 10.2. The van der Waals surface area contributed by atoms with Crippen LogP contribution in [0, 0.1) is 6.92 Å². The Hall–Kier alpha value is -2.31. The molecule has 0 aliphatic heterocycles. The molecule has 0 saturated carbocycles. The van der Waals surface area contributed by atoms with Gasteiger partial charge in [0, 0.05) is 0 Å². The number of carbonyl (C=O) groups excluding carboxylic acids is 2. The molecule has 1 rings (SSSR count). The Kier molecular flexibility index (Phi) is 4.09. The summed E-state index contributed by atoms with van der Waals surface area (Å²) in [6.45, 7) is 1.50. The summed E-state index contributed by atoms with van der Waals surface area (Å²) in [5.74, 6) is -2.52. The highest BCUT2D eigenvalue weighted by molar-refractivity contribution is 5.96. The second kappa shape index (κ2) is 5.35. The number of carboxylic acids is 1. The van der Waals surface area contributed by atoms with E-state index in [1.807, 2.05) is 0 Å². The first-order chi connectivity index (χ1) is 8.42. The molecule has 0 atom stereocenters. The molecule has 0 spiro atoms. The van der Waals surface area contributed by atoms with Crippen molar-refractivity contribution >= 4 is 17.9 Å². The quantitative estimate of drug-likeness (QED) is 0.760. The molecular weight excluding hydrogens is 242 g/mol. The van der Waals surface area contributed by atoms with Crippen molar-refractivity contribution in [2.75, 3.05) is 14.2 Å². The Labute approximate surface area is 103 Å². The van der Waals surface area contributed by atoms with Crippen LogP contribution in [-0.4, -0.2) is 42.2 Å². The lowest BCUT2D eigenvalue weighted by molar-refractivity contribution is -0.139. The van der Waals surface area contributed by atoms with Crippen molar-refractivity contribution in [1.82, 2.24) is 4.98 Å². The molecule has 0 saturated heterocycles. The number of hydrogen-bond acceptors (Lipinski definition) is 5. The predicted octanol–water partition coefficient (Wildman–Crippen LogP) is 0.523. The lowest BCUT2D eigenvalue weighted by Crippen LogP contribution is -2.11. The first-order valence-corrected chi connectivity index (χ1v) is 5.02. The number of carbonyl (C=O) groups is 3. The molecule has 2 N–H and O–H groups in total.